The molecule has 0 aliphatic carbocycles. The zero-order chi connectivity index (χ0) is 19.6. The first-order chi connectivity index (χ1) is 13.0. The third kappa shape index (κ3) is 6.54. The topological polar surface area (TPSA) is 85.9 Å². The van der Waals surface area contributed by atoms with E-state index in [0.717, 1.165) is 5.75 Å². The van der Waals surface area contributed by atoms with Gasteiger partial charge < -0.3 is 14.2 Å². The second-order valence-corrected chi connectivity index (χ2v) is 5.72. The smallest absolute Gasteiger partial charge is 0.279 e. The fourth-order valence-electron chi connectivity index (χ4n) is 2.12. The molecule has 0 bridgehead atoms. The highest BCUT2D eigenvalue weighted by Gasteiger charge is 2.19. The minimum absolute atomic E-state index is 0.472. The van der Waals surface area contributed by atoms with Gasteiger partial charge in [0.1, 0.15) is 17.2 Å². The number of nitrogens with one attached hydrogen (secondary N) is 2. The van der Waals surface area contributed by atoms with Gasteiger partial charge in [-0.25, -0.2) is 0 Å². The average molecular weight is 372 g/mol. The number of ether oxygens (including phenoxy) is 3. The maximum Gasteiger partial charge on any atom is 0.279 e. The highest BCUT2D eigenvalue weighted by Crippen LogP contribution is 2.18. The Morgan fingerprint density at radius 3 is 1.70 bits per heavy atom. The molecule has 0 saturated carbocycles. The number of carbonyl (C=O) groups is 2. The first kappa shape index (κ1) is 20.1. The van der Waals surface area contributed by atoms with E-state index in [9.17, 15) is 9.59 Å². The molecule has 0 spiro atoms. The molecular formula is C20H24N2O5. The molecule has 0 radical (unpaired) electrons. The van der Waals surface area contributed by atoms with Gasteiger partial charge in [-0.3, -0.25) is 20.4 Å². The number of hydrogen-bond acceptors (Lipinski definition) is 5. The zero-order valence-corrected chi connectivity index (χ0v) is 15.6. The summed E-state index contributed by atoms with van der Waals surface area (Å²) in [6.07, 6.45) is -1.57. The van der Waals surface area contributed by atoms with Crippen molar-refractivity contribution in [3.63, 3.8) is 0 Å². The molecule has 144 valence electrons. The van der Waals surface area contributed by atoms with Crippen molar-refractivity contribution in [2.75, 3.05) is 6.61 Å². The van der Waals surface area contributed by atoms with Gasteiger partial charge in [0.15, 0.2) is 12.2 Å². The molecule has 7 heteroatoms. The number of carbonyl (C=O) groups excluding carboxylic acids is 2. The molecule has 0 saturated heterocycles. The van der Waals surface area contributed by atoms with E-state index in [-0.39, 0.29) is 0 Å². The van der Waals surface area contributed by atoms with Crippen LogP contribution in [0, 0.1) is 0 Å². The van der Waals surface area contributed by atoms with Crippen molar-refractivity contribution in [3.05, 3.63) is 54.6 Å². The predicted octanol–water partition coefficient (Wildman–Crippen LogP) is 2.47. The second-order valence-electron chi connectivity index (χ2n) is 5.72. The summed E-state index contributed by atoms with van der Waals surface area (Å²) in [7, 11) is 0. The van der Waals surface area contributed by atoms with Crippen LogP contribution in [-0.4, -0.2) is 30.6 Å². The van der Waals surface area contributed by atoms with Gasteiger partial charge in [0.05, 0.1) is 6.61 Å². The minimum atomic E-state index is -0.798. The molecule has 0 heterocycles. The van der Waals surface area contributed by atoms with Crippen molar-refractivity contribution in [2.24, 2.45) is 0 Å². The van der Waals surface area contributed by atoms with Crippen molar-refractivity contribution in [2.45, 2.75) is 33.0 Å². The number of amides is 2. The monoisotopic (exact) mass is 372 g/mol. The molecule has 27 heavy (non-hydrogen) atoms. The van der Waals surface area contributed by atoms with E-state index >= 15 is 0 Å². The van der Waals surface area contributed by atoms with Gasteiger partial charge in [0.25, 0.3) is 11.8 Å². The van der Waals surface area contributed by atoms with Gasteiger partial charge in [0, 0.05) is 0 Å². The van der Waals surface area contributed by atoms with Gasteiger partial charge in [-0.05, 0) is 57.2 Å². The number of hydrogen-bond donors (Lipinski definition) is 2. The van der Waals surface area contributed by atoms with Crippen LogP contribution in [0.4, 0.5) is 0 Å². The van der Waals surface area contributed by atoms with Gasteiger partial charge in [-0.2, -0.15) is 0 Å². The molecular weight excluding hydrogens is 348 g/mol. The minimum Gasteiger partial charge on any atom is -0.494 e. The normalized spacial score (nSPS) is 12.4. The van der Waals surface area contributed by atoms with Crippen LogP contribution in [0.25, 0.3) is 0 Å². The highest BCUT2D eigenvalue weighted by molar-refractivity contribution is 5.86. The average Bonchev–Trinajstić information content (AvgIpc) is 2.68. The lowest BCUT2D eigenvalue weighted by Gasteiger charge is -2.18. The van der Waals surface area contributed by atoms with Crippen molar-refractivity contribution in [3.8, 4) is 17.2 Å². The Kier molecular flexibility index (Phi) is 7.49. The third-order valence-corrected chi connectivity index (χ3v) is 3.55. The summed E-state index contributed by atoms with van der Waals surface area (Å²) in [5.74, 6) is 0.859. The predicted molar refractivity (Wildman–Crippen MR) is 101 cm³/mol. The number of benzene rings is 2. The van der Waals surface area contributed by atoms with E-state index in [2.05, 4.69) is 10.9 Å². The lowest BCUT2D eigenvalue weighted by molar-refractivity contribution is -0.135. The van der Waals surface area contributed by atoms with Crippen LogP contribution in [0.2, 0.25) is 0 Å². The summed E-state index contributed by atoms with van der Waals surface area (Å²) in [4.78, 5) is 24.1. The summed E-state index contributed by atoms with van der Waals surface area (Å²) >= 11 is 0. The third-order valence-electron chi connectivity index (χ3n) is 3.55. The largest absolute Gasteiger partial charge is 0.494 e. The molecule has 0 aromatic heterocycles. The van der Waals surface area contributed by atoms with Crippen molar-refractivity contribution in [1.29, 1.82) is 0 Å². The van der Waals surface area contributed by atoms with E-state index in [1.54, 1.807) is 50.2 Å². The van der Waals surface area contributed by atoms with Crippen molar-refractivity contribution >= 4 is 11.8 Å². The molecule has 0 aliphatic heterocycles. The van der Waals surface area contributed by atoms with Crippen LogP contribution in [0.5, 0.6) is 17.2 Å². The first-order valence-corrected chi connectivity index (χ1v) is 8.70. The molecule has 2 atom stereocenters. The van der Waals surface area contributed by atoms with Gasteiger partial charge in [-0.1, -0.05) is 18.2 Å². The summed E-state index contributed by atoms with van der Waals surface area (Å²) in [6.45, 7) is 5.65. The summed E-state index contributed by atoms with van der Waals surface area (Å²) in [5, 5.41) is 0. The van der Waals surface area contributed by atoms with Crippen molar-refractivity contribution in [1.82, 2.24) is 10.9 Å². The Morgan fingerprint density at radius 2 is 1.22 bits per heavy atom. The van der Waals surface area contributed by atoms with E-state index in [1.807, 2.05) is 25.1 Å². The van der Waals surface area contributed by atoms with Crippen LogP contribution >= 0.6 is 0 Å². The highest BCUT2D eigenvalue weighted by atomic mass is 16.5. The molecule has 0 aliphatic rings. The molecule has 7 nitrogen and oxygen atoms in total. The quantitative estimate of drug-likeness (QED) is 0.695. The fraction of sp³-hybridized carbons (Fsp3) is 0.300. The molecule has 2 aromatic rings. The molecule has 2 rings (SSSR count). The van der Waals surface area contributed by atoms with Crippen LogP contribution in [0.3, 0.4) is 0 Å². The fourth-order valence-corrected chi connectivity index (χ4v) is 2.12. The van der Waals surface area contributed by atoms with Crippen molar-refractivity contribution < 1.29 is 23.8 Å². The summed E-state index contributed by atoms with van der Waals surface area (Å²) < 4.78 is 16.4. The molecule has 0 fully saturated rings. The first-order valence-electron chi connectivity index (χ1n) is 8.70. The number of hydrazine groups is 1. The summed E-state index contributed by atoms with van der Waals surface area (Å²) in [5.41, 5.74) is 4.66. The van der Waals surface area contributed by atoms with E-state index < -0.39 is 24.0 Å². The van der Waals surface area contributed by atoms with Crippen LogP contribution in [0.15, 0.2) is 54.6 Å². The number of para-hydroxylation sites is 1. The standard InChI is InChI=1S/C20H24N2O5/c1-4-25-16-10-12-18(13-11-16)27-15(3)20(24)22-21-19(23)14(2)26-17-8-6-5-7-9-17/h5-15H,4H2,1-3H3,(H,21,23)(H,22,24). The maximum atomic E-state index is 12.1. The second kappa shape index (κ2) is 10.1. The lowest BCUT2D eigenvalue weighted by atomic mass is 10.3. The molecule has 2 amide bonds. The van der Waals surface area contributed by atoms with E-state index in [4.69, 9.17) is 14.2 Å². The van der Waals surface area contributed by atoms with Crippen LogP contribution < -0.4 is 25.1 Å². The Hall–Kier alpha value is -3.22. The Bertz CT molecular complexity index is 734. The van der Waals surface area contributed by atoms with Crippen LogP contribution in [-0.2, 0) is 9.59 Å². The van der Waals surface area contributed by atoms with E-state index in [0.29, 0.717) is 18.1 Å². The zero-order valence-electron chi connectivity index (χ0n) is 15.6. The summed E-state index contributed by atoms with van der Waals surface area (Å²) in [6, 6.07) is 15.9. The molecule has 2 N–H and O–H groups in total. The Labute approximate surface area is 158 Å². The molecule has 2 unspecified atom stereocenters. The number of rotatable bonds is 8. The van der Waals surface area contributed by atoms with E-state index in [1.165, 1.54) is 0 Å². The van der Waals surface area contributed by atoms with Crippen LogP contribution in [0.1, 0.15) is 20.8 Å². The Morgan fingerprint density at radius 1 is 0.778 bits per heavy atom. The molecule has 2 aromatic carbocycles. The SMILES string of the molecule is CCOc1ccc(OC(C)C(=O)NNC(=O)C(C)Oc2ccccc2)cc1. The van der Waals surface area contributed by atoms with Gasteiger partial charge >= 0.3 is 0 Å². The Balaban J connectivity index is 1.77. The van der Waals surface area contributed by atoms with Gasteiger partial charge in [0.2, 0.25) is 0 Å². The lowest BCUT2D eigenvalue weighted by Crippen LogP contribution is -2.50. The maximum absolute atomic E-state index is 12.1. The van der Waals surface area contributed by atoms with Gasteiger partial charge in [-0.15, -0.1) is 0 Å².